The zero-order valence-corrected chi connectivity index (χ0v) is 12.0. The van der Waals surface area contributed by atoms with Crippen molar-refractivity contribution in [2.75, 3.05) is 26.7 Å². The van der Waals surface area contributed by atoms with Crippen molar-refractivity contribution in [3.63, 3.8) is 0 Å². The van der Waals surface area contributed by atoms with Crippen LogP contribution in [0.15, 0.2) is 0 Å². The molecule has 0 saturated heterocycles. The average Bonchev–Trinajstić information content (AvgIpc) is 2.32. The molecule has 1 unspecified atom stereocenters. The minimum atomic E-state index is -0.920. The van der Waals surface area contributed by atoms with Crippen LogP contribution < -0.4 is 5.73 Å². The first-order valence-electron chi connectivity index (χ1n) is 6.50. The number of carbonyl (C=O) groups is 1. The Kier molecular flexibility index (Phi) is 7.39. The number of hydrogen-bond acceptors (Lipinski definition) is 4. The monoisotopic (exact) mass is 244 g/mol. The first-order valence-corrected chi connectivity index (χ1v) is 6.50. The van der Waals surface area contributed by atoms with Crippen LogP contribution in [0, 0.1) is 5.92 Å². The predicted molar refractivity (Wildman–Crippen MR) is 70.8 cm³/mol. The van der Waals surface area contributed by atoms with Gasteiger partial charge in [-0.2, -0.15) is 0 Å². The number of rotatable bonds is 8. The Bertz CT molecular complexity index is 225. The Balaban J connectivity index is 4.43. The summed E-state index contributed by atoms with van der Waals surface area (Å²) in [5, 5.41) is 0. The van der Waals surface area contributed by atoms with Crippen molar-refractivity contribution in [1.29, 1.82) is 0 Å². The molecule has 102 valence electrons. The van der Waals surface area contributed by atoms with Gasteiger partial charge in [-0.15, -0.1) is 0 Å². The van der Waals surface area contributed by atoms with Crippen LogP contribution in [0.2, 0.25) is 0 Å². The second kappa shape index (κ2) is 7.67. The van der Waals surface area contributed by atoms with Gasteiger partial charge in [0.25, 0.3) is 0 Å². The number of nitrogens with zero attached hydrogens (tertiary/aromatic N) is 1. The Morgan fingerprint density at radius 3 is 2.24 bits per heavy atom. The lowest BCUT2D eigenvalue weighted by atomic mass is 9.99. The molecule has 0 aromatic carbocycles. The molecule has 0 rings (SSSR count). The van der Waals surface area contributed by atoms with E-state index in [4.69, 9.17) is 10.5 Å². The van der Waals surface area contributed by atoms with Crippen molar-refractivity contribution in [3.05, 3.63) is 0 Å². The van der Waals surface area contributed by atoms with E-state index in [-0.39, 0.29) is 5.97 Å². The van der Waals surface area contributed by atoms with E-state index in [0.29, 0.717) is 12.5 Å². The second-order valence-electron chi connectivity index (χ2n) is 4.92. The van der Waals surface area contributed by atoms with Gasteiger partial charge >= 0.3 is 5.97 Å². The van der Waals surface area contributed by atoms with E-state index in [2.05, 4.69) is 25.7 Å². The first-order chi connectivity index (χ1) is 7.91. The maximum Gasteiger partial charge on any atom is 0.326 e. The fourth-order valence-corrected chi connectivity index (χ4v) is 1.98. The van der Waals surface area contributed by atoms with E-state index in [9.17, 15) is 4.79 Å². The first kappa shape index (κ1) is 16.4. The Morgan fingerprint density at radius 1 is 1.35 bits per heavy atom. The molecular weight excluding hydrogens is 216 g/mol. The van der Waals surface area contributed by atoms with Gasteiger partial charge in [-0.25, -0.2) is 0 Å². The van der Waals surface area contributed by atoms with E-state index < -0.39 is 5.54 Å². The Morgan fingerprint density at radius 2 is 1.88 bits per heavy atom. The van der Waals surface area contributed by atoms with E-state index in [1.165, 1.54) is 7.11 Å². The molecule has 0 fully saturated rings. The molecule has 17 heavy (non-hydrogen) atoms. The molecule has 0 aromatic heterocycles. The quantitative estimate of drug-likeness (QED) is 0.659. The Labute approximate surface area is 105 Å². The molecule has 0 radical (unpaired) electrons. The SMILES string of the molecule is CCC(CC)CN(CC)CC(C)(N)C(=O)OC. The summed E-state index contributed by atoms with van der Waals surface area (Å²) < 4.78 is 4.73. The van der Waals surface area contributed by atoms with Gasteiger partial charge in [-0.05, 0) is 19.4 Å². The number of methoxy groups -OCH3 is 1. The maximum atomic E-state index is 11.5. The van der Waals surface area contributed by atoms with Crippen molar-refractivity contribution >= 4 is 5.97 Å². The van der Waals surface area contributed by atoms with Crippen molar-refractivity contribution in [2.45, 2.75) is 46.1 Å². The summed E-state index contributed by atoms with van der Waals surface area (Å²) in [7, 11) is 1.38. The van der Waals surface area contributed by atoms with Crippen molar-refractivity contribution < 1.29 is 9.53 Å². The number of carbonyl (C=O) groups excluding carboxylic acids is 1. The van der Waals surface area contributed by atoms with Crippen LogP contribution in [-0.4, -0.2) is 43.2 Å². The average molecular weight is 244 g/mol. The van der Waals surface area contributed by atoms with Gasteiger partial charge in [0.2, 0.25) is 0 Å². The zero-order valence-electron chi connectivity index (χ0n) is 12.0. The highest BCUT2D eigenvalue weighted by atomic mass is 16.5. The van der Waals surface area contributed by atoms with E-state index in [0.717, 1.165) is 25.9 Å². The molecule has 0 heterocycles. The highest BCUT2D eigenvalue weighted by Gasteiger charge is 2.31. The summed E-state index contributed by atoms with van der Waals surface area (Å²) in [5.74, 6) is 0.323. The van der Waals surface area contributed by atoms with Gasteiger partial charge in [0.15, 0.2) is 0 Å². The number of nitrogens with two attached hydrogens (primary N) is 1. The van der Waals surface area contributed by atoms with Crippen LogP contribution in [0.4, 0.5) is 0 Å². The zero-order chi connectivity index (χ0) is 13.5. The van der Waals surface area contributed by atoms with Gasteiger partial charge in [0, 0.05) is 13.1 Å². The molecule has 0 spiro atoms. The minimum Gasteiger partial charge on any atom is -0.468 e. The molecule has 0 bridgehead atoms. The molecule has 0 aliphatic heterocycles. The third-order valence-corrected chi connectivity index (χ3v) is 3.32. The molecule has 0 aromatic rings. The largest absolute Gasteiger partial charge is 0.468 e. The number of likely N-dealkylation sites (N-methyl/N-ethyl adjacent to an activating group) is 1. The van der Waals surface area contributed by atoms with E-state index >= 15 is 0 Å². The summed E-state index contributed by atoms with van der Waals surface area (Å²) in [6, 6.07) is 0. The highest BCUT2D eigenvalue weighted by molar-refractivity contribution is 5.80. The lowest BCUT2D eigenvalue weighted by Gasteiger charge is -2.31. The van der Waals surface area contributed by atoms with Crippen molar-refractivity contribution in [3.8, 4) is 0 Å². The smallest absolute Gasteiger partial charge is 0.326 e. The predicted octanol–water partition coefficient (Wildman–Crippen LogP) is 1.63. The minimum absolute atomic E-state index is 0.347. The van der Waals surface area contributed by atoms with Crippen LogP contribution >= 0.6 is 0 Å². The standard InChI is InChI=1S/C13H28N2O2/c1-6-11(7-2)9-15(8-3)10-13(4,14)12(16)17-5/h11H,6-10,14H2,1-5H3. The Hall–Kier alpha value is -0.610. The van der Waals surface area contributed by atoms with Crippen molar-refractivity contribution in [2.24, 2.45) is 11.7 Å². The van der Waals surface area contributed by atoms with Gasteiger partial charge in [0.05, 0.1) is 7.11 Å². The van der Waals surface area contributed by atoms with Gasteiger partial charge in [-0.3, -0.25) is 4.79 Å². The molecular formula is C13H28N2O2. The fraction of sp³-hybridized carbons (Fsp3) is 0.923. The summed E-state index contributed by atoms with van der Waals surface area (Å²) in [4.78, 5) is 13.8. The topological polar surface area (TPSA) is 55.6 Å². The van der Waals surface area contributed by atoms with Crippen LogP contribution in [0.5, 0.6) is 0 Å². The molecule has 0 saturated carbocycles. The van der Waals surface area contributed by atoms with E-state index in [1.54, 1.807) is 6.92 Å². The normalized spacial score (nSPS) is 15.1. The number of hydrogen-bond donors (Lipinski definition) is 1. The van der Waals surface area contributed by atoms with Crippen LogP contribution in [0.1, 0.15) is 40.5 Å². The summed E-state index contributed by atoms with van der Waals surface area (Å²) in [5.41, 5.74) is 5.07. The number of esters is 1. The van der Waals surface area contributed by atoms with E-state index in [1.807, 2.05) is 0 Å². The van der Waals surface area contributed by atoms with Crippen LogP contribution in [-0.2, 0) is 9.53 Å². The second-order valence-corrected chi connectivity index (χ2v) is 4.92. The van der Waals surface area contributed by atoms with Crippen molar-refractivity contribution in [1.82, 2.24) is 4.90 Å². The summed E-state index contributed by atoms with van der Waals surface area (Å²) in [6.07, 6.45) is 2.32. The molecule has 0 amide bonds. The molecule has 4 nitrogen and oxygen atoms in total. The van der Waals surface area contributed by atoms with Crippen LogP contribution in [0.25, 0.3) is 0 Å². The van der Waals surface area contributed by atoms with Gasteiger partial charge in [0.1, 0.15) is 5.54 Å². The van der Waals surface area contributed by atoms with Crippen LogP contribution in [0.3, 0.4) is 0 Å². The molecule has 2 N–H and O–H groups in total. The molecule has 1 atom stereocenters. The molecule has 0 aliphatic carbocycles. The lowest BCUT2D eigenvalue weighted by Crippen LogP contribution is -2.55. The third-order valence-electron chi connectivity index (χ3n) is 3.32. The van der Waals surface area contributed by atoms with Gasteiger partial charge in [-0.1, -0.05) is 33.6 Å². The molecule has 0 aliphatic rings. The summed E-state index contributed by atoms with van der Waals surface area (Å²) >= 11 is 0. The maximum absolute atomic E-state index is 11.5. The fourth-order valence-electron chi connectivity index (χ4n) is 1.98. The van der Waals surface area contributed by atoms with Gasteiger partial charge < -0.3 is 15.4 Å². The lowest BCUT2D eigenvalue weighted by molar-refractivity contribution is -0.147. The third kappa shape index (κ3) is 5.50. The summed E-state index contributed by atoms with van der Waals surface area (Å²) in [6.45, 7) is 10.7. The number of ether oxygens (including phenoxy) is 1. The molecule has 4 heteroatoms. The highest BCUT2D eigenvalue weighted by Crippen LogP contribution is 2.12.